The average molecular weight is 383 g/mol. The van der Waals surface area contributed by atoms with Gasteiger partial charge in [-0.15, -0.1) is 11.3 Å². The smallest absolute Gasteiger partial charge is 0.222 e. The lowest BCUT2D eigenvalue weighted by atomic mass is 9.96. The molecule has 0 unspecified atom stereocenters. The molecule has 2 fully saturated rings. The van der Waals surface area contributed by atoms with Gasteiger partial charge in [0.05, 0.1) is 17.9 Å². The molecule has 2 aliphatic rings. The first-order chi connectivity index (χ1) is 12.4. The van der Waals surface area contributed by atoms with Crippen molar-refractivity contribution in [1.82, 2.24) is 14.8 Å². The van der Waals surface area contributed by atoms with Crippen molar-refractivity contribution < 1.29 is 14.6 Å². The molecular weight excluding hydrogens is 352 g/mol. The molecule has 0 aromatic carbocycles. The van der Waals surface area contributed by atoms with Crippen molar-refractivity contribution in [1.29, 1.82) is 0 Å². The minimum Gasteiger partial charge on any atom is -0.396 e. The Kier molecular flexibility index (Phi) is 6.50. The number of aliphatic hydroxyl groups excluding tert-OH is 1. The predicted octanol–water partition coefficient (Wildman–Crippen LogP) is 0.834. The van der Waals surface area contributed by atoms with Gasteiger partial charge in [0.15, 0.2) is 5.13 Å². The topological polar surface area (TPSA) is 91.9 Å². The summed E-state index contributed by atoms with van der Waals surface area (Å²) in [6.07, 6.45) is 1.53. The number of hydrogen-bond donors (Lipinski definition) is 2. The van der Waals surface area contributed by atoms with E-state index in [4.69, 9.17) is 10.5 Å². The van der Waals surface area contributed by atoms with Crippen molar-refractivity contribution in [3.63, 3.8) is 0 Å². The van der Waals surface area contributed by atoms with Crippen LogP contribution in [0.1, 0.15) is 26.0 Å². The molecule has 1 aromatic rings. The SMILES string of the molecule is C[C@@H]1CN(C[C@@H]2CN(C(=O)CCc3csc(N)n3)C[C@@H]2CO)C[C@H](C)O1. The van der Waals surface area contributed by atoms with Crippen molar-refractivity contribution in [2.24, 2.45) is 11.8 Å². The molecule has 146 valence electrons. The molecule has 0 aliphatic carbocycles. The van der Waals surface area contributed by atoms with Crippen molar-refractivity contribution in [3.8, 4) is 0 Å². The highest BCUT2D eigenvalue weighted by atomic mass is 32.1. The largest absolute Gasteiger partial charge is 0.396 e. The Morgan fingerprint density at radius 1 is 1.31 bits per heavy atom. The van der Waals surface area contributed by atoms with Crippen LogP contribution in [0.3, 0.4) is 0 Å². The van der Waals surface area contributed by atoms with E-state index in [9.17, 15) is 9.90 Å². The molecule has 1 amide bonds. The van der Waals surface area contributed by atoms with Crippen LogP contribution in [0, 0.1) is 11.8 Å². The number of aliphatic hydroxyl groups is 1. The van der Waals surface area contributed by atoms with Crippen LogP contribution in [0.5, 0.6) is 0 Å². The van der Waals surface area contributed by atoms with Crippen molar-refractivity contribution in [3.05, 3.63) is 11.1 Å². The minimum atomic E-state index is 0.131. The van der Waals surface area contributed by atoms with Crippen LogP contribution in [-0.4, -0.2) is 77.3 Å². The Balaban J connectivity index is 1.51. The number of likely N-dealkylation sites (tertiary alicyclic amines) is 1. The van der Waals surface area contributed by atoms with Gasteiger partial charge in [-0.25, -0.2) is 4.98 Å². The summed E-state index contributed by atoms with van der Waals surface area (Å²) in [5, 5.41) is 12.2. The van der Waals surface area contributed by atoms with Gasteiger partial charge >= 0.3 is 0 Å². The highest BCUT2D eigenvalue weighted by molar-refractivity contribution is 7.13. The Hall–Kier alpha value is -1.22. The second kappa shape index (κ2) is 8.65. The van der Waals surface area contributed by atoms with Gasteiger partial charge in [-0.3, -0.25) is 9.69 Å². The molecule has 7 nitrogen and oxygen atoms in total. The predicted molar refractivity (Wildman–Crippen MR) is 102 cm³/mol. The number of morpholine rings is 1. The molecule has 0 radical (unpaired) electrons. The summed E-state index contributed by atoms with van der Waals surface area (Å²) in [5.74, 6) is 0.611. The van der Waals surface area contributed by atoms with Gasteiger partial charge in [-0.1, -0.05) is 0 Å². The molecule has 4 atom stereocenters. The van der Waals surface area contributed by atoms with Gasteiger partial charge in [-0.05, 0) is 26.2 Å². The lowest BCUT2D eigenvalue weighted by Crippen LogP contribution is -2.48. The second-order valence-electron chi connectivity index (χ2n) is 7.65. The zero-order chi connectivity index (χ0) is 18.7. The number of anilines is 1. The highest BCUT2D eigenvalue weighted by Gasteiger charge is 2.36. The van der Waals surface area contributed by atoms with Crippen molar-refractivity contribution >= 4 is 22.4 Å². The maximum absolute atomic E-state index is 12.6. The number of ether oxygens (including phenoxy) is 1. The van der Waals surface area contributed by atoms with Gasteiger partial charge in [0.2, 0.25) is 5.91 Å². The number of thiazole rings is 1. The molecule has 3 heterocycles. The molecule has 2 aliphatic heterocycles. The summed E-state index contributed by atoms with van der Waals surface area (Å²) in [6.45, 7) is 8.44. The summed E-state index contributed by atoms with van der Waals surface area (Å²) in [4.78, 5) is 21.1. The standard InChI is InChI=1S/C18H30N4O3S/c1-12-5-21(6-13(2)25-12)7-14-8-22(9-15(14)10-23)17(24)4-3-16-11-26-18(19)20-16/h11-15,23H,3-10H2,1-2H3,(H2,19,20)/t12-,13+,14-,15-/m1/s1. The van der Waals surface area contributed by atoms with Gasteiger partial charge in [0.25, 0.3) is 0 Å². The van der Waals surface area contributed by atoms with Crippen molar-refractivity contribution in [2.75, 3.05) is 45.1 Å². The van der Waals surface area contributed by atoms with Crippen LogP contribution in [0.4, 0.5) is 5.13 Å². The molecule has 3 N–H and O–H groups in total. The fourth-order valence-corrected chi connectivity index (χ4v) is 4.75. The number of nitrogens with zero attached hydrogens (tertiary/aromatic N) is 3. The molecule has 8 heteroatoms. The van der Waals surface area contributed by atoms with Crippen LogP contribution in [0.25, 0.3) is 0 Å². The highest BCUT2D eigenvalue weighted by Crippen LogP contribution is 2.26. The first kappa shape index (κ1) is 19.5. The number of amides is 1. The zero-order valence-corrected chi connectivity index (χ0v) is 16.5. The normalized spacial score (nSPS) is 30.0. The van der Waals surface area contributed by atoms with E-state index < -0.39 is 0 Å². The number of aryl methyl sites for hydroxylation is 1. The lowest BCUT2D eigenvalue weighted by molar-refractivity contribution is -0.130. The van der Waals surface area contributed by atoms with Crippen LogP contribution >= 0.6 is 11.3 Å². The number of carbonyl (C=O) groups is 1. The van der Waals surface area contributed by atoms with Crippen LogP contribution < -0.4 is 5.73 Å². The molecule has 0 spiro atoms. The monoisotopic (exact) mass is 382 g/mol. The van der Waals surface area contributed by atoms with E-state index in [0.29, 0.717) is 30.4 Å². The first-order valence-electron chi connectivity index (χ1n) is 9.41. The van der Waals surface area contributed by atoms with Crippen LogP contribution in [-0.2, 0) is 16.0 Å². The minimum absolute atomic E-state index is 0.131. The van der Waals surface area contributed by atoms with Gasteiger partial charge in [0, 0.05) is 57.0 Å². The summed E-state index contributed by atoms with van der Waals surface area (Å²) >= 11 is 1.41. The number of nitrogens with two attached hydrogens (primary N) is 1. The van der Waals surface area contributed by atoms with E-state index in [1.807, 2.05) is 10.3 Å². The maximum atomic E-state index is 12.6. The first-order valence-corrected chi connectivity index (χ1v) is 10.3. The third-order valence-electron chi connectivity index (χ3n) is 5.32. The molecule has 0 bridgehead atoms. The maximum Gasteiger partial charge on any atom is 0.222 e. The van der Waals surface area contributed by atoms with Crippen LogP contribution in [0.15, 0.2) is 5.38 Å². The van der Waals surface area contributed by atoms with Gasteiger partial charge < -0.3 is 20.5 Å². The van der Waals surface area contributed by atoms with E-state index in [2.05, 4.69) is 23.7 Å². The summed E-state index contributed by atoms with van der Waals surface area (Å²) < 4.78 is 5.80. The summed E-state index contributed by atoms with van der Waals surface area (Å²) in [7, 11) is 0. The fraction of sp³-hybridized carbons (Fsp3) is 0.778. The third-order valence-corrected chi connectivity index (χ3v) is 6.04. The number of nitrogen functional groups attached to an aromatic ring is 1. The number of aromatic nitrogens is 1. The van der Waals surface area contributed by atoms with Gasteiger partial charge in [-0.2, -0.15) is 0 Å². The lowest BCUT2D eigenvalue weighted by Gasteiger charge is -2.37. The van der Waals surface area contributed by atoms with E-state index >= 15 is 0 Å². The van der Waals surface area contributed by atoms with Crippen molar-refractivity contribution in [2.45, 2.75) is 38.9 Å². The number of hydrogen-bond acceptors (Lipinski definition) is 7. The van der Waals surface area contributed by atoms with E-state index in [-0.39, 0.29) is 30.6 Å². The second-order valence-corrected chi connectivity index (χ2v) is 8.54. The Labute approximate surface area is 159 Å². The fourth-order valence-electron chi connectivity index (χ4n) is 4.15. The summed E-state index contributed by atoms with van der Waals surface area (Å²) in [6, 6.07) is 0. The molecule has 3 rings (SSSR count). The van der Waals surface area contributed by atoms with Gasteiger partial charge in [0.1, 0.15) is 0 Å². The molecular formula is C18H30N4O3S. The van der Waals surface area contributed by atoms with Crippen LogP contribution in [0.2, 0.25) is 0 Å². The Morgan fingerprint density at radius 2 is 2.00 bits per heavy atom. The molecule has 2 saturated heterocycles. The van der Waals surface area contributed by atoms with E-state index in [1.54, 1.807) is 0 Å². The average Bonchev–Trinajstić information content (AvgIpc) is 3.17. The zero-order valence-electron chi connectivity index (χ0n) is 15.6. The van der Waals surface area contributed by atoms with E-state index in [0.717, 1.165) is 31.9 Å². The van der Waals surface area contributed by atoms with E-state index in [1.165, 1.54) is 11.3 Å². The molecule has 0 saturated carbocycles. The molecule has 1 aromatic heterocycles. The number of carbonyl (C=O) groups excluding carboxylic acids is 1. The quantitative estimate of drug-likeness (QED) is 0.757. The Bertz CT molecular complexity index is 601. The Morgan fingerprint density at radius 3 is 2.62 bits per heavy atom. The number of rotatable bonds is 6. The summed E-state index contributed by atoms with van der Waals surface area (Å²) in [5.41, 5.74) is 6.52. The third kappa shape index (κ3) is 4.94. The molecule has 26 heavy (non-hydrogen) atoms.